The van der Waals surface area contributed by atoms with Gasteiger partial charge in [-0.3, -0.25) is 0 Å². The van der Waals surface area contributed by atoms with Crippen LogP contribution in [0.3, 0.4) is 0 Å². The van der Waals surface area contributed by atoms with E-state index in [9.17, 15) is 4.39 Å². The van der Waals surface area contributed by atoms with Gasteiger partial charge in [0.1, 0.15) is 11.0 Å². The second kappa shape index (κ2) is 4.59. The SMILES string of the molecule is Cc1nc(-c2ccc(F)c(Cl)c2)nc(Cl)c1C. The van der Waals surface area contributed by atoms with Crippen molar-refractivity contribution in [1.82, 2.24) is 9.97 Å². The Kier molecular flexibility index (Phi) is 3.31. The summed E-state index contributed by atoms with van der Waals surface area (Å²) in [5, 5.41) is 0.438. The van der Waals surface area contributed by atoms with Crippen molar-refractivity contribution in [2.75, 3.05) is 0 Å². The molecule has 1 aromatic heterocycles. The smallest absolute Gasteiger partial charge is 0.161 e. The maximum atomic E-state index is 13.0. The third kappa shape index (κ3) is 2.40. The van der Waals surface area contributed by atoms with E-state index < -0.39 is 5.82 Å². The zero-order chi connectivity index (χ0) is 12.6. The van der Waals surface area contributed by atoms with E-state index in [1.165, 1.54) is 12.1 Å². The summed E-state index contributed by atoms with van der Waals surface area (Å²) in [6.07, 6.45) is 0. The second-order valence-electron chi connectivity index (χ2n) is 3.68. The van der Waals surface area contributed by atoms with Gasteiger partial charge in [-0.1, -0.05) is 23.2 Å². The third-order valence-electron chi connectivity index (χ3n) is 2.51. The van der Waals surface area contributed by atoms with Gasteiger partial charge < -0.3 is 0 Å². The number of aryl methyl sites for hydroxylation is 1. The quantitative estimate of drug-likeness (QED) is 0.726. The number of hydrogen-bond donors (Lipinski definition) is 0. The molecule has 0 bridgehead atoms. The fourth-order valence-electron chi connectivity index (χ4n) is 1.36. The first-order valence-electron chi connectivity index (χ1n) is 4.95. The monoisotopic (exact) mass is 270 g/mol. The van der Waals surface area contributed by atoms with E-state index in [-0.39, 0.29) is 5.02 Å². The molecular formula is C12H9Cl2FN2. The lowest BCUT2D eigenvalue weighted by Crippen LogP contribution is -1.96. The Labute approximate surface area is 108 Å². The number of nitrogens with zero attached hydrogens (tertiary/aromatic N) is 2. The van der Waals surface area contributed by atoms with Gasteiger partial charge in [0.25, 0.3) is 0 Å². The van der Waals surface area contributed by atoms with Crippen LogP contribution in [0.4, 0.5) is 4.39 Å². The predicted molar refractivity (Wildman–Crippen MR) is 66.9 cm³/mol. The van der Waals surface area contributed by atoms with Gasteiger partial charge in [-0.05, 0) is 32.0 Å². The molecule has 5 heteroatoms. The van der Waals surface area contributed by atoms with Crippen molar-refractivity contribution in [1.29, 1.82) is 0 Å². The molecule has 2 aromatic rings. The third-order valence-corrected chi connectivity index (χ3v) is 3.17. The van der Waals surface area contributed by atoms with Crippen molar-refractivity contribution in [3.8, 4) is 11.4 Å². The maximum absolute atomic E-state index is 13.0. The van der Waals surface area contributed by atoms with Gasteiger partial charge in [-0.2, -0.15) is 0 Å². The molecule has 2 rings (SSSR count). The highest BCUT2D eigenvalue weighted by Gasteiger charge is 2.09. The molecule has 0 atom stereocenters. The Morgan fingerprint density at radius 3 is 2.41 bits per heavy atom. The summed E-state index contributed by atoms with van der Waals surface area (Å²) in [5.74, 6) is -0.0228. The van der Waals surface area contributed by atoms with Crippen LogP contribution in [-0.4, -0.2) is 9.97 Å². The molecule has 2 nitrogen and oxygen atoms in total. The molecule has 0 amide bonds. The highest BCUT2D eigenvalue weighted by atomic mass is 35.5. The van der Waals surface area contributed by atoms with Crippen molar-refractivity contribution in [2.45, 2.75) is 13.8 Å². The molecular weight excluding hydrogens is 262 g/mol. The van der Waals surface area contributed by atoms with E-state index in [4.69, 9.17) is 23.2 Å². The van der Waals surface area contributed by atoms with E-state index in [0.717, 1.165) is 11.3 Å². The first-order chi connectivity index (χ1) is 7.99. The van der Waals surface area contributed by atoms with E-state index in [1.807, 2.05) is 13.8 Å². The van der Waals surface area contributed by atoms with Gasteiger partial charge in [0.15, 0.2) is 5.82 Å². The summed E-state index contributed by atoms with van der Waals surface area (Å²) in [6, 6.07) is 4.34. The van der Waals surface area contributed by atoms with E-state index in [1.54, 1.807) is 6.07 Å². The van der Waals surface area contributed by atoms with Crippen LogP contribution in [0.2, 0.25) is 10.2 Å². The van der Waals surface area contributed by atoms with Crippen molar-refractivity contribution in [3.63, 3.8) is 0 Å². The molecule has 0 unspecified atom stereocenters. The standard InChI is InChI=1S/C12H9Cl2FN2/c1-6-7(2)16-12(17-11(6)14)8-3-4-10(15)9(13)5-8/h3-5H,1-2H3. The first kappa shape index (κ1) is 12.3. The van der Waals surface area contributed by atoms with Crippen molar-refractivity contribution < 1.29 is 4.39 Å². The van der Waals surface area contributed by atoms with Crippen LogP contribution in [0.5, 0.6) is 0 Å². The first-order valence-corrected chi connectivity index (χ1v) is 5.71. The Morgan fingerprint density at radius 2 is 1.82 bits per heavy atom. The second-order valence-corrected chi connectivity index (χ2v) is 4.44. The van der Waals surface area contributed by atoms with Gasteiger partial charge >= 0.3 is 0 Å². The van der Waals surface area contributed by atoms with Crippen molar-refractivity contribution in [2.24, 2.45) is 0 Å². The lowest BCUT2D eigenvalue weighted by molar-refractivity contribution is 0.628. The molecule has 1 heterocycles. The molecule has 0 aliphatic carbocycles. The van der Waals surface area contributed by atoms with Gasteiger partial charge in [0.2, 0.25) is 0 Å². The van der Waals surface area contributed by atoms with Crippen molar-refractivity contribution in [3.05, 3.63) is 45.4 Å². The summed E-state index contributed by atoms with van der Waals surface area (Å²) >= 11 is 11.7. The topological polar surface area (TPSA) is 25.8 Å². The molecule has 88 valence electrons. The van der Waals surface area contributed by atoms with Gasteiger partial charge in [-0.25, -0.2) is 14.4 Å². The summed E-state index contributed by atoms with van der Waals surface area (Å²) < 4.78 is 13.0. The van der Waals surface area contributed by atoms with Crippen LogP contribution < -0.4 is 0 Å². The number of hydrogen-bond acceptors (Lipinski definition) is 2. The molecule has 0 saturated carbocycles. The Hall–Kier alpha value is -1.19. The van der Waals surface area contributed by atoms with Crippen LogP contribution >= 0.6 is 23.2 Å². The average Bonchev–Trinajstić information content (AvgIpc) is 2.29. The molecule has 0 aliphatic heterocycles. The molecule has 0 spiro atoms. The Balaban J connectivity index is 2.57. The maximum Gasteiger partial charge on any atom is 0.161 e. The van der Waals surface area contributed by atoms with Crippen LogP contribution in [-0.2, 0) is 0 Å². The fourth-order valence-corrected chi connectivity index (χ4v) is 1.76. The highest BCUT2D eigenvalue weighted by molar-refractivity contribution is 6.31. The summed E-state index contributed by atoms with van der Waals surface area (Å²) in [7, 11) is 0. The summed E-state index contributed by atoms with van der Waals surface area (Å²) in [6.45, 7) is 3.69. The number of benzene rings is 1. The molecule has 0 N–H and O–H groups in total. The number of rotatable bonds is 1. The minimum atomic E-state index is -0.467. The van der Waals surface area contributed by atoms with Gasteiger partial charge in [0, 0.05) is 16.8 Å². The summed E-state index contributed by atoms with van der Waals surface area (Å²) in [5.41, 5.74) is 2.27. The number of halogens is 3. The minimum Gasteiger partial charge on any atom is -0.233 e. The number of aromatic nitrogens is 2. The predicted octanol–water partition coefficient (Wildman–Crippen LogP) is 4.21. The average molecular weight is 271 g/mol. The van der Waals surface area contributed by atoms with Crippen LogP contribution in [0, 0.1) is 19.7 Å². The minimum absolute atomic E-state index is 0.0421. The normalized spacial score (nSPS) is 10.6. The molecule has 1 aromatic carbocycles. The van der Waals surface area contributed by atoms with E-state index in [2.05, 4.69) is 9.97 Å². The molecule has 0 aliphatic rings. The summed E-state index contributed by atoms with van der Waals surface area (Å²) in [4.78, 5) is 8.45. The van der Waals surface area contributed by atoms with E-state index >= 15 is 0 Å². The Morgan fingerprint density at radius 1 is 1.12 bits per heavy atom. The lowest BCUT2D eigenvalue weighted by Gasteiger charge is -2.06. The fraction of sp³-hybridized carbons (Fsp3) is 0.167. The molecule has 0 saturated heterocycles. The molecule has 0 radical (unpaired) electrons. The molecule has 0 fully saturated rings. The van der Waals surface area contributed by atoms with Gasteiger partial charge in [-0.15, -0.1) is 0 Å². The largest absolute Gasteiger partial charge is 0.233 e. The Bertz CT molecular complexity index is 562. The van der Waals surface area contributed by atoms with E-state index in [0.29, 0.717) is 16.5 Å². The molecule has 17 heavy (non-hydrogen) atoms. The van der Waals surface area contributed by atoms with Crippen LogP contribution in [0.1, 0.15) is 11.3 Å². The lowest BCUT2D eigenvalue weighted by atomic mass is 10.2. The zero-order valence-electron chi connectivity index (χ0n) is 9.26. The van der Waals surface area contributed by atoms with Crippen LogP contribution in [0.15, 0.2) is 18.2 Å². The van der Waals surface area contributed by atoms with Gasteiger partial charge in [0.05, 0.1) is 5.02 Å². The van der Waals surface area contributed by atoms with Crippen molar-refractivity contribution >= 4 is 23.2 Å². The van der Waals surface area contributed by atoms with Crippen LogP contribution in [0.25, 0.3) is 11.4 Å². The zero-order valence-corrected chi connectivity index (χ0v) is 10.8. The highest BCUT2D eigenvalue weighted by Crippen LogP contribution is 2.25.